The molecule has 0 aromatic carbocycles. The first kappa shape index (κ1) is 12.9. The van der Waals surface area contributed by atoms with Crippen LogP contribution in [0.3, 0.4) is 0 Å². The van der Waals surface area contributed by atoms with Crippen LogP contribution >= 0.6 is 0 Å². The van der Waals surface area contributed by atoms with Gasteiger partial charge in [0.1, 0.15) is 0 Å². The normalized spacial score (nSPS) is 20.4. The Morgan fingerprint density at radius 1 is 1.40 bits per heavy atom. The summed E-state index contributed by atoms with van der Waals surface area (Å²) in [4.78, 5) is 2.26. The van der Waals surface area contributed by atoms with Gasteiger partial charge in [-0.05, 0) is 13.0 Å². The zero-order chi connectivity index (χ0) is 10.9. The van der Waals surface area contributed by atoms with E-state index in [1.54, 1.807) is 0 Å². The molecule has 1 aliphatic heterocycles. The third kappa shape index (κ3) is 6.10. The van der Waals surface area contributed by atoms with Gasteiger partial charge in [0.2, 0.25) is 0 Å². The van der Waals surface area contributed by atoms with Crippen LogP contribution in [0, 0.1) is 0 Å². The largest absolute Gasteiger partial charge is 0.390 e. The molecule has 0 spiro atoms. The Labute approximate surface area is 92.6 Å². The van der Waals surface area contributed by atoms with Crippen molar-refractivity contribution in [2.24, 2.45) is 0 Å². The highest BCUT2D eigenvalue weighted by molar-refractivity contribution is 4.68. The number of ether oxygens (including phenoxy) is 1. The molecule has 1 saturated heterocycles. The molecular formula is C11H24N2O2. The van der Waals surface area contributed by atoms with E-state index < -0.39 is 0 Å². The van der Waals surface area contributed by atoms with Crippen LogP contribution in [-0.2, 0) is 4.74 Å². The average Bonchev–Trinajstić information content (AvgIpc) is 2.26. The van der Waals surface area contributed by atoms with Crippen molar-refractivity contribution < 1.29 is 9.84 Å². The highest BCUT2D eigenvalue weighted by Gasteiger charge is 2.14. The molecule has 0 aromatic heterocycles. The second kappa shape index (κ2) is 8.05. The van der Waals surface area contributed by atoms with Crippen LogP contribution in [0.25, 0.3) is 0 Å². The van der Waals surface area contributed by atoms with Crippen LogP contribution in [0.2, 0.25) is 0 Å². The maximum absolute atomic E-state index is 9.76. The van der Waals surface area contributed by atoms with Crippen molar-refractivity contribution in [3.05, 3.63) is 0 Å². The molecule has 15 heavy (non-hydrogen) atoms. The molecule has 1 atom stereocenters. The molecule has 1 heterocycles. The summed E-state index contributed by atoms with van der Waals surface area (Å²) in [5.41, 5.74) is 0. The number of rotatable bonds is 7. The molecule has 0 amide bonds. The fourth-order valence-electron chi connectivity index (χ4n) is 1.72. The van der Waals surface area contributed by atoms with Crippen molar-refractivity contribution in [1.29, 1.82) is 0 Å². The first-order valence-electron chi connectivity index (χ1n) is 6.01. The highest BCUT2D eigenvalue weighted by atomic mass is 16.5. The summed E-state index contributed by atoms with van der Waals surface area (Å²) in [5, 5.41) is 13.0. The van der Waals surface area contributed by atoms with Crippen LogP contribution in [0.15, 0.2) is 0 Å². The molecule has 1 rings (SSSR count). The Balaban J connectivity index is 1.98. The van der Waals surface area contributed by atoms with E-state index in [2.05, 4.69) is 17.1 Å². The second-order valence-electron chi connectivity index (χ2n) is 4.12. The molecule has 2 N–H and O–H groups in total. The zero-order valence-electron chi connectivity index (χ0n) is 9.74. The predicted octanol–water partition coefficient (Wildman–Crippen LogP) is 0.0692. The van der Waals surface area contributed by atoms with E-state index in [9.17, 15) is 5.11 Å². The number of hydrogen-bond acceptors (Lipinski definition) is 4. The monoisotopic (exact) mass is 216 g/mol. The summed E-state index contributed by atoms with van der Waals surface area (Å²) < 4.78 is 5.26. The molecule has 1 unspecified atom stereocenters. The number of β-amino-alcohol motifs (C(OH)–C–C–N with tert-alkyl or cyclic N) is 1. The van der Waals surface area contributed by atoms with Crippen LogP contribution in [0.4, 0.5) is 0 Å². The van der Waals surface area contributed by atoms with Gasteiger partial charge in [-0.25, -0.2) is 0 Å². The highest BCUT2D eigenvalue weighted by Crippen LogP contribution is 1.98. The molecule has 0 aromatic rings. The molecule has 0 radical (unpaired) electrons. The Hall–Kier alpha value is -0.160. The van der Waals surface area contributed by atoms with Crippen molar-refractivity contribution in [2.75, 3.05) is 45.9 Å². The summed E-state index contributed by atoms with van der Waals surface area (Å²) >= 11 is 0. The van der Waals surface area contributed by atoms with Gasteiger partial charge in [-0.2, -0.15) is 0 Å². The van der Waals surface area contributed by atoms with Gasteiger partial charge in [-0.15, -0.1) is 0 Å². The molecular weight excluding hydrogens is 192 g/mol. The minimum absolute atomic E-state index is 0.250. The van der Waals surface area contributed by atoms with Crippen LogP contribution in [-0.4, -0.2) is 62.0 Å². The second-order valence-corrected chi connectivity index (χ2v) is 4.12. The van der Waals surface area contributed by atoms with E-state index in [4.69, 9.17) is 4.74 Å². The topological polar surface area (TPSA) is 44.7 Å². The average molecular weight is 216 g/mol. The van der Waals surface area contributed by atoms with Crippen LogP contribution in [0.1, 0.15) is 19.8 Å². The van der Waals surface area contributed by atoms with Crippen molar-refractivity contribution in [3.63, 3.8) is 0 Å². The summed E-state index contributed by atoms with van der Waals surface area (Å²) in [6, 6.07) is 0. The first-order chi connectivity index (χ1) is 7.33. The summed E-state index contributed by atoms with van der Waals surface area (Å²) in [6.45, 7) is 8.16. The fourth-order valence-corrected chi connectivity index (χ4v) is 1.72. The van der Waals surface area contributed by atoms with E-state index in [1.165, 1.54) is 12.8 Å². The number of unbranched alkanes of at least 4 members (excludes halogenated alkanes) is 1. The number of nitrogens with zero attached hydrogens (tertiary/aromatic N) is 1. The van der Waals surface area contributed by atoms with Crippen LogP contribution < -0.4 is 5.32 Å². The molecule has 1 fully saturated rings. The molecule has 1 aliphatic rings. The smallest absolute Gasteiger partial charge is 0.0791 e. The van der Waals surface area contributed by atoms with E-state index in [1.807, 2.05) is 0 Å². The molecule has 90 valence electrons. The van der Waals surface area contributed by atoms with Gasteiger partial charge >= 0.3 is 0 Å². The summed E-state index contributed by atoms with van der Waals surface area (Å²) in [6.07, 6.45) is 2.14. The number of hydrogen-bond donors (Lipinski definition) is 2. The van der Waals surface area contributed by atoms with Crippen molar-refractivity contribution in [1.82, 2.24) is 10.2 Å². The number of morpholine rings is 1. The predicted molar refractivity (Wildman–Crippen MR) is 61.0 cm³/mol. The Morgan fingerprint density at radius 3 is 2.80 bits per heavy atom. The van der Waals surface area contributed by atoms with Crippen molar-refractivity contribution >= 4 is 0 Å². The maximum Gasteiger partial charge on any atom is 0.0791 e. The first-order valence-corrected chi connectivity index (χ1v) is 6.01. The van der Waals surface area contributed by atoms with Gasteiger partial charge in [-0.3, -0.25) is 4.90 Å². The quantitative estimate of drug-likeness (QED) is 0.591. The SMILES string of the molecule is CCCCNCC(O)CN1CCOCC1. The molecule has 0 aliphatic carbocycles. The van der Waals surface area contributed by atoms with Crippen LogP contribution in [0.5, 0.6) is 0 Å². The van der Waals surface area contributed by atoms with Gasteiger partial charge in [0.25, 0.3) is 0 Å². The maximum atomic E-state index is 9.76. The molecule has 0 saturated carbocycles. The molecule has 0 bridgehead atoms. The number of nitrogens with one attached hydrogen (secondary N) is 1. The third-order valence-electron chi connectivity index (χ3n) is 2.66. The Kier molecular flexibility index (Phi) is 6.92. The van der Waals surface area contributed by atoms with Gasteiger partial charge in [0.05, 0.1) is 19.3 Å². The minimum Gasteiger partial charge on any atom is -0.390 e. The van der Waals surface area contributed by atoms with Gasteiger partial charge in [-0.1, -0.05) is 13.3 Å². The lowest BCUT2D eigenvalue weighted by Crippen LogP contribution is -2.43. The minimum atomic E-state index is -0.250. The van der Waals surface area contributed by atoms with Crippen molar-refractivity contribution in [2.45, 2.75) is 25.9 Å². The van der Waals surface area contributed by atoms with E-state index >= 15 is 0 Å². The van der Waals surface area contributed by atoms with Gasteiger partial charge in [0.15, 0.2) is 0 Å². The Bertz CT molecular complexity index is 150. The van der Waals surface area contributed by atoms with Gasteiger partial charge < -0.3 is 15.2 Å². The lowest BCUT2D eigenvalue weighted by Gasteiger charge is -2.28. The summed E-state index contributed by atoms with van der Waals surface area (Å²) in [7, 11) is 0. The number of aliphatic hydroxyl groups is 1. The molecule has 4 heteroatoms. The molecule has 4 nitrogen and oxygen atoms in total. The van der Waals surface area contributed by atoms with E-state index in [-0.39, 0.29) is 6.10 Å². The summed E-state index contributed by atoms with van der Waals surface area (Å²) in [5.74, 6) is 0. The van der Waals surface area contributed by atoms with E-state index in [0.717, 1.165) is 39.4 Å². The number of aliphatic hydroxyl groups excluding tert-OH is 1. The third-order valence-corrected chi connectivity index (χ3v) is 2.66. The lowest BCUT2D eigenvalue weighted by molar-refractivity contribution is 0.0150. The van der Waals surface area contributed by atoms with Crippen molar-refractivity contribution in [3.8, 4) is 0 Å². The van der Waals surface area contributed by atoms with Gasteiger partial charge in [0, 0.05) is 26.2 Å². The standard InChI is InChI=1S/C11H24N2O2/c1-2-3-4-12-9-11(14)10-13-5-7-15-8-6-13/h11-12,14H,2-10H2,1H3. The lowest BCUT2D eigenvalue weighted by atomic mass is 10.3. The van der Waals surface area contributed by atoms with E-state index in [0.29, 0.717) is 6.54 Å². The fraction of sp³-hybridized carbons (Fsp3) is 1.00. The Morgan fingerprint density at radius 2 is 2.13 bits per heavy atom. The zero-order valence-corrected chi connectivity index (χ0v) is 9.74.